The van der Waals surface area contributed by atoms with Crippen molar-refractivity contribution in [3.63, 3.8) is 0 Å². The molecule has 2 heterocycles. The molecule has 1 amide bonds. The highest BCUT2D eigenvalue weighted by Gasteiger charge is 2.29. The zero-order valence-electron chi connectivity index (χ0n) is 15.3. The largest absolute Gasteiger partial charge is 0.339 e. The van der Waals surface area contributed by atoms with Gasteiger partial charge in [0, 0.05) is 25.2 Å². The highest BCUT2D eigenvalue weighted by molar-refractivity contribution is 7.92. The topological polar surface area (TPSA) is 57.7 Å². The third kappa shape index (κ3) is 3.46. The lowest BCUT2D eigenvalue weighted by atomic mass is 10.0. The molecule has 142 valence electrons. The first-order valence-electron chi connectivity index (χ1n) is 9.57. The van der Waals surface area contributed by atoms with Gasteiger partial charge in [-0.3, -0.25) is 9.10 Å². The molecule has 5 nitrogen and oxygen atoms in total. The molecule has 0 saturated carbocycles. The molecular weight excluding hydrogens is 360 g/mol. The Balaban J connectivity index is 1.59. The van der Waals surface area contributed by atoms with E-state index in [1.165, 1.54) is 4.31 Å². The van der Waals surface area contributed by atoms with Crippen LogP contribution < -0.4 is 4.31 Å². The van der Waals surface area contributed by atoms with Gasteiger partial charge in [-0.2, -0.15) is 0 Å². The number of piperidine rings is 1. The van der Waals surface area contributed by atoms with Crippen LogP contribution in [-0.2, 0) is 16.4 Å². The predicted molar refractivity (Wildman–Crippen MR) is 105 cm³/mol. The second kappa shape index (κ2) is 7.35. The molecule has 2 aliphatic heterocycles. The van der Waals surface area contributed by atoms with Crippen LogP contribution in [0.15, 0.2) is 53.4 Å². The number of benzene rings is 2. The average Bonchev–Trinajstić information content (AvgIpc) is 2.73. The number of amides is 1. The summed E-state index contributed by atoms with van der Waals surface area (Å²) in [4.78, 5) is 14.7. The Morgan fingerprint density at radius 1 is 0.815 bits per heavy atom. The Labute approximate surface area is 160 Å². The van der Waals surface area contributed by atoms with Crippen molar-refractivity contribution >= 4 is 21.6 Å². The summed E-state index contributed by atoms with van der Waals surface area (Å²) in [5, 5.41) is 0. The Morgan fingerprint density at radius 3 is 2.26 bits per heavy atom. The minimum Gasteiger partial charge on any atom is -0.339 e. The maximum atomic E-state index is 13.2. The van der Waals surface area contributed by atoms with Crippen molar-refractivity contribution < 1.29 is 13.2 Å². The number of rotatable bonds is 3. The molecule has 6 heteroatoms. The molecule has 2 aromatic rings. The summed E-state index contributed by atoms with van der Waals surface area (Å²) in [5.74, 6) is -0.0121. The smallest absolute Gasteiger partial charge is 0.264 e. The molecule has 27 heavy (non-hydrogen) atoms. The fraction of sp³-hybridized carbons (Fsp3) is 0.381. The van der Waals surface area contributed by atoms with Gasteiger partial charge in [-0.15, -0.1) is 0 Å². The summed E-state index contributed by atoms with van der Waals surface area (Å²) in [5.41, 5.74) is 2.37. The van der Waals surface area contributed by atoms with E-state index in [0.29, 0.717) is 12.1 Å². The van der Waals surface area contributed by atoms with Gasteiger partial charge < -0.3 is 4.90 Å². The molecule has 0 aromatic heterocycles. The maximum Gasteiger partial charge on any atom is 0.264 e. The number of hydrogen-bond acceptors (Lipinski definition) is 3. The first kappa shape index (κ1) is 18.0. The monoisotopic (exact) mass is 384 g/mol. The summed E-state index contributed by atoms with van der Waals surface area (Å²) < 4.78 is 27.8. The molecule has 1 saturated heterocycles. The number of fused-ring (bicyclic) bond motifs is 1. The number of sulfonamides is 1. The predicted octanol–water partition coefficient (Wildman–Crippen LogP) is 3.45. The van der Waals surface area contributed by atoms with Crippen molar-refractivity contribution in [1.82, 2.24) is 4.90 Å². The Morgan fingerprint density at radius 2 is 1.52 bits per heavy atom. The van der Waals surface area contributed by atoms with Crippen molar-refractivity contribution in [3.8, 4) is 0 Å². The molecule has 1 fully saturated rings. The van der Waals surface area contributed by atoms with E-state index < -0.39 is 10.0 Å². The number of nitrogens with zero attached hydrogens (tertiary/aromatic N) is 2. The number of carbonyl (C=O) groups is 1. The SMILES string of the molecule is O=C(c1ccc(S(=O)(=O)N2CCCc3ccccc32)cc1)N1CCCCC1. The van der Waals surface area contributed by atoms with E-state index in [-0.39, 0.29) is 10.8 Å². The van der Waals surface area contributed by atoms with E-state index in [4.69, 9.17) is 0 Å². The number of hydrogen-bond donors (Lipinski definition) is 0. The normalized spacial score (nSPS) is 17.5. The zero-order valence-corrected chi connectivity index (χ0v) is 16.1. The summed E-state index contributed by atoms with van der Waals surface area (Å²) >= 11 is 0. The van der Waals surface area contributed by atoms with E-state index in [0.717, 1.165) is 56.4 Å². The van der Waals surface area contributed by atoms with Crippen LogP contribution in [0.2, 0.25) is 0 Å². The number of aryl methyl sites for hydroxylation is 1. The van der Waals surface area contributed by atoms with Gasteiger partial charge in [0.15, 0.2) is 0 Å². The van der Waals surface area contributed by atoms with Crippen molar-refractivity contribution in [2.24, 2.45) is 0 Å². The van der Waals surface area contributed by atoms with Gasteiger partial charge in [0.1, 0.15) is 0 Å². The van der Waals surface area contributed by atoms with E-state index in [1.54, 1.807) is 24.3 Å². The van der Waals surface area contributed by atoms with E-state index in [9.17, 15) is 13.2 Å². The molecular formula is C21H24N2O3S. The van der Waals surface area contributed by atoms with Crippen molar-refractivity contribution in [2.75, 3.05) is 23.9 Å². The Kier molecular flexibility index (Phi) is 4.91. The van der Waals surface area contributed by atoms with Gasteiger partial charge in [0.2, 0.25) is 0 Å². The van der Waals surface area contributed by atoms with E-state index >= 15 is 0 Å². The third-order valence-electron chi connectivity index (χ3n) is 5.40. The standard InChI is InChI=1S/C21H24N2O3S/c24-21(22-14-4-1-5-15-22)18-10-12-19(13-11-18)27(25,26)23-16-6-8-17-7-2-3-9-20(17)23/h2-3,7,9-13H,1,4-6,8,14-16H2. The zero-order chi connectivity index (χ0) is 18.9. The molecule has 0 radical (unpaired) electrons. The van der Waals surface area contributed by atoms with Gasteiger partial charge in [0.25, 0.3) is 15.9 Å². The lowest BCUT2D eigenvalue weighted by Crippen LogP contribution is -2.36. The van der Waals surface area contributed by atoms with Gasteiger partial charge in [-0.05, 0) is 68.0 Å². The summed E-state index contributed by atoms with van der Waals surface area (Å²) in [6.07, 6.45) is 4.94. The Hall–Kier alpha value is -2.34. The number of carbonyl (C=O) groups excluding carboxylic acids is 1. The lowest BCUT2D eigenvalue weighted by molar-refractivity contribution is 0.0724. The molecule has 0 atom stereocenters. The molecule has 2 aliphatic rings. The number of para-hydroxylation sites is 1. The van der Waals surface area contributed by atoms with Crippen LogP contribution >= 0.6 is 0 Å². The second-order valence-electron chi connectivity index (χ2n) is 7.19. The average molecular weight is 385 g/mol. The molecule has 0 N–H and O–H groups in total. The van der Waals surface area contributed by atoms with Crippen LogP contribution in [0.4, 0.5) is 5.69 Å². The van der Waals surface area contributed by atoms with Gasteiger partial charge in [-0.1, -0.05) is 18.2 Å². The van der Waals surface area contributed by atoms with Crippen LogP contribution in [0, 0.1) is 0 Å². The highest BCUT2D eigenvalue weighted by atomic mass is 32.2. The molecule has 2 aromatic carbocycles. The highest BCUT2D eigenvalue weighted by Crippen LogP contribution is 2.31. The minimum absolute atomic E-state index is 0.0121. The van der Waals surface area contributed by atoms with Crippen molar-refractivity contribution in [3.05, 3.63) is 59.7 Å². The summed E-state index contributed by atoms with van der Waals surface area (Å²) in [7, 11) is -3.63. The van der Waals surface area contributed by atoms with Crippen LogP contribution in [-0.4, -0.2) is 38.9 Å². The second-order valence-corrected chi connectivity index (χ2v) is 9.05. The fourth-order valence-electron chi connectivity index (χ4n) is 3.93. The maximum absolute atomic E-state index is 13.2. The van der Waals surface area contributed by atoms with Gasteiger partial charge in [0.05, 0.1) is 10.6 Å². The first-order chi connectivity index (χ1) is 13.1. The van der Waals surface area contributed by atoms with Gasteiger partial charge in [-0.25, -0.2) is 8.42 Å². The minimum atomic E-state index is -3.63. The third-order valence-corrected chi connectivity index (χ3v) is 7.23. The van der Waals surface area contributed by atoms with Crippen LogP contribution in [0.3, 0.4) is 0 Å². The molecule has 0 spiro atoms. The lowest BCUT2D eigenvalue weighted by Gasteiger charge is -2.30. The number of likely N-dealkylation sites (tertiary alicyclic amines) is 1. The molecule has 0 bridgehead atoms. The van der Waals surface area contributed by atoms with E-state index in [1.807, 2.05) is 29.2 Å². The molecule has 0 aliphatic carbocycles. The quantitative estimate of drug-likeness (QED) is 0.814. The Bertz CT molecular complexity index is 932. The van der Waals surface area contributed by atoms with E-state index in [2.05, 4.69) is 0 Å². The number of anilines is 1. The summed E-state index contributed by atoms with van der Waals surface area (Å²) in [6.45, 7) is 2.04. The molecule has 4 rings (SSSR count). The van der Waals surface area contributed by atoms with Crippen molar-refractivity contribution in [1.29, 1.82) is 0 Å². The fourth-order valence-corrected chi connectivity index (χ4v) is 5.47. The first-order valence-corrected chi connectivity index (χ1v) is 11.0. The molecule has 0 unspecified atom stereocenters. The van der Waals surface area contributed by atoms with Crippen LogP contribution in [0.1, 0.15) is 41.6 Å². The summed E-state index contributed by atoms with van der Waals surface area (Å²) in [6, 6.07) is 14.0. The van der Waals surface area contributed by atoms with Gasteiger partial charge >= 0.3 is 0 Å². The van der Waals surface area contributed by atoms with Crippen LogP contribution in [0.5, 0.6) is 0 Å². The van der Waals surface area contributed by atoms with Crippen LogP contribution in [0.25, 0.3) is 0 Å². The van der Waals surface area contributed by atoms with Crippen molar-refractivity contribution in [2.45, 2.75) is 37.0 Å².